The second-order valence-electron chi connectivity index (χ2n) is 9.15. The van der Waals surface area contributed by atoms with Crippen molar-refractivity contribution < 1.29 is 0 Å². The maximum atomic E-state index is 2.68. The Kier molecular flexibility index (Phi) is 9.58. The number of rotatable bonds is 9. The molecule has 0 radical (unpaired) electrons. The van der Waals surface area contributed by atoms with E-state index in [2.05, 4.69) is 74.9 Å². The van der Waals surface area contributed by atoms with Gasteiger partial charge in [-0.15, -0.1) is 0 Å². The lowest BCUT2D eigenvalue weighted by Gasteiger charge is -2.29. The maximum Gasteiger partial charge on any atom is 0.00189 e. The van der Waals surface area contributed by atoms with Gasteiger partial charge in [-0.3, -0.25) is 0 Å². The molecular weight excluding hydrogens is 328 g/mol. The number of benzene rings is 1. The van der Waals surface area contributed by atoms with E-state index in [-0.39, 0.29) is 0 Å². The minimum Gasteiger partial charge on any atom is -0.306 e. The van der Waals surface area contributed by atoms with Gasteiger partial charge in [-0.1, -0.05) is 63.6 Å². The molecule has 0 bridgehead atoms. The molecule has 1 unspecified atom stereocenters. The molecule has 0 aliphatic carbocycles. The van der Waals surface area contributed by atoms with Crippen LogP contribution in [-0.2, 0) is 12.8 Å². The molecule has 0 saturated carbocycles. The molecule has 2 heteroatoms. The first-order chi connectivity index (χ1) is 13.0. The van der Waals surface area contributed by atoms with Crippen LogP contribution in [0.2, 0.25) is 0 Å². The zero-order valence-corrected chi connectivity index (χ0v) is 18.5. The molecule has 0 spiro atoms. The average Bonchev–Trinajstić information content (AvgIpc) is 2.61. The van der Waals surface area contributed by atoms with Crippen molar-refractivity contribution in [3.8, 4) is 0 Å². The molecule has 27 heavy (non-hydrogen) atoms. The number of nitrogens with zero attached hydrogens (tertiary/aromatic N) is 2. The van der Waals surface area contributed by atoms with Crippen LogP contribution in [0, 0.1) is 11.8 Å². The highest BCUT2D eigenvalue weighted by Crippen LogP contribution is 2.20. The molecule has 1 aromatic rings. The Bertz CT molecular complexity index is 558. The Hall–Kier alpha value is -1.12. The van der Waals surface area contributed by atoms with Crippen molar-refractivity contribution in [3.63, 3.8) is 0 Å². The van der Waals surface area contributed by atoms with Crippen LogP contribution >= 0.6 is 0 Å². The third-order valence-electron chi connectivity index (χ3n) is 5.59. The second-order valence-corrected chi connectivity index (χ2v) is 9.15. The molecule has 1 aromatic carbocycles. The van der Waals surface area contributed by atoms with Crippen LogP contribution in [0.1, 0.15) is 58.1 Å². The van der Waals surface area contributed by atoms with Crippen molar-refractivity contribution in [2.24, 2.45) is 11.8 Å². The fourth-order valence-corrected chi connectivity index (χ4v) is 4.12. The van der Waals surface area contributed by atoms with Crippen LogP contribution in [0.25, 0.3) is 0 Å². The van der Waals surface area contributed by atoms with E-state index in [0.29, 0.717) is 0 Å². The van der Waals surface area contributed by atoms with Crippen LogP contribution in [0.5, 0.6) is 0 Å². The van der Waals surface area contributed by atoms with E-state index in [4.69, 9.17) is 0 Å². The van der Waals surface area contributed by atoms with Crippen molar-refractivity contribution in [2.75, 3.05) is 39.8 Å². The molecular formula is C25H42N2. The van der Waals surface area contributed by atoms with E-state index >= 15 is 0 Å². The van der Waals surface area contributed by atoms with Crippen molar-refractivity contribution in [1.82, 2.24) is 9.80 Å². The minimum atomic E-state index is 0.757. The van der Waals surface area contributed by atoms with Crippen molar-refractivity contribution in [1.29, 1.82) is 0 Å². The van der Waals surface area contributed by atoms with Gasteiger partial charge in [0.15, 0.2) is 0 Å². The number of likely N-dealkylation sites (N-methyl/N-ethyl adjacent to an activating group) is 1. The molecule has 0 N–H and O–H groups in total. The summed E-state index contributed by atoms with van der Waals surface area (Å²) in [6.45, 7) is 15.4. The van der Waals surface area contributed by atoms with E-state index in [1.807, 2.05) is 0 Å². The Morgan fingerprint density at radius 2 is 1.81 bits per heavy atom. The van der Waals surface area contributed by atoms with E-state index < -0.39 is 0 Å². The van der Waals surface area contributed by atoms with E-state index in [1.165, 1.54) is 56.6 Å². The Labute approximate surface area is 168 Å². The second kappa shape index (κ2) is 11.7. The molecule has 2 nitrogen and oxygen atoms in total. The number of hydrogen-bond donors (Lipinski definition) is 0. The molecule has 1 heterocycles. The summed E-state index contributed by atoms with van der Waals surface area (Å²) in [6, 6.07) is 9.38. The van der Waals surface area contributed by atoms with Crippen LogP contribution in [-0.4, -0.2) is 49.6 Å². The first-order valence-electron chi connectivity index (χ1n) is 11.1. The summed E-state index contributed by atoms with van der Waals surface area (Å²) in [6.07, 6.45) is 8.50. The molecule has 0 fully saturated rings. The standard InChI is InChI=1S/C25H42N2/c1-6-15-26(5)16-13-23-9-11-24(12-10-23)18-25-8-7-22(4)20-27(17-14-25)19-21(2)3/h8-12,21-22H,6-7,13-20H2,1-5H3/b25-8+. The molecule has 0 saturated heterocycles. The fraction of sp³-hybridized carbons (Fsp3) is 0.680. The van der Waals surface area contributed by atoms with Crippen LogP contribution in [0.15, 0.2) is 35.9 Å². The average molecular weight is 371 g/mol. The topological polar surface area (TPSA) is 6.48 Å². The smallest absolute Gasteiger partial charge is 0.00189 e. The van der Waals surface area contributed by atoms with Gasteiger partial charge in [-0.2, -0.15) is 0 Å². The van der Waals surface area contributed by atoms with Crippen LogP contribution in [0.4, 0.5) is 0 Å². The van der Waals surface area contributed by atoms with Crippen LogP contribution < -0.4 is 0 Å². The first kappa shape index (κ1) is 22.2. The molecule has 1 aliphatic rings. The van der Waals surface area contributed by atoms with Crippen molar-refractivity contribution in [3.05, 3.63) is 47.0 Å². The van der Waals surface area contributed by atoms with Gasteiger partial charge in [-0.05, 0) is 68.7 Å². The normalized spacial score (nSPS) is 21.1. The molecule has 152 valence electrons. The minimum absolute atomic E-state index is 0.757. The molecule has 0 aromatic heterocycles. The third kappa shape index (κ3) is 8.62. The predicted octanol–water partition coefficient (Wildman–Crippen LogP) is 5.43. The summed E-state index contributed by atoms with van der Waals surface area (Å²) in [4.78, 5) is 5.11. The number of allylic oxidation sites excluding steroid dienone is 1. The summed E-state index contributed by atoms with van der Waals surface area (Å²) in [5, 5.41) is 0. The van der Waals surface area contributed by atoms with E-state index in [0.717, 1.165) is 31.2 Å². The summed E-state index contributed by atoms with van der Waals surface area (Å²) in [7, 11) is 2.22. The number of hydrogen-bond acceptors (Lipinski definition) is 2. The lowest BCUT2D eigenvalue weighted by Crippen LogP contribution is -2.34. The first-order valence-corrected chi connectivity index (χ1v) is 11.1. The highest BCUT2D eigenvalue weighted by molar-refractivity contribution is 5.27. The predicted molar refractivity (Wildman–Crippen MR) is 119 cm³/mol. The van der Waals surface area contributed by atoms with Gasteiger partial charge in [0.1, 0.15) is 0 Å². The summed E-state index contributed by atoms with van der Waals surface area (Å²) in [5.41, 5.74) is 4.56. The van der Waals surface area contributed by atoms with Gasteiger partial charge in [0.2, 0.25) is 0 Å². The highest BCUT2D eigenvalue weighted by Gasteiger charge is 2.15. The van der Waals surface area contributed by atoms with Gasteiger partial charge in [0.05, 0.1) is 0 Å². The largest absolute Gasteiger partial charge is 0.306 e. The van der Waals surface area contributed by atoms with Crippen LogP contribution in [0.3, 0.4) is 0 Å². The summed E-state index contributed by atoms with van der Waals surface area (Å²) < 4.78 is 0. The lowest BCUT2D eigenvalue weighted by molar-refractivity contribution is 0.212. The Morgan fingerprint density at radius 1 is 1.11 bits per heavy atom. The lowest BCUT2D eigenvalue weighted by atomic mass is 9.95. The van der Waals surface area contributed by atoms with Gasteiger partial charge in [-0.25, -0.2) is 0 Å². The maximum absolute atomic E-state index is 2.68. The highest BCUT2D eigenvalue weighted by atomic mass is 15.1. The molecule has 2 rings (SSSR count). The monoisotopic (exact) mass is 370 g/mol. The van der Waals surface area contributed by atoms with Gasteiger partial charge in [0.25, 0.3) is 0 Å². The fourth-order valence-electron chi connectivity index (χ4n) is 4.12. The Morgan fingerprint density at radius 3 is 2.48 bits per heavy atom. The quantitative estimate of drug-likeness (QED) is 0.535. The van der Waals surface area contributed by atoms with E-state index in [9.17, 15) is 0 Å². The molecule has 0 amide bonds. The molecule has 1 aliphatic heterocycles. The molecule has 1 atom stereocenters. The zero-order valence-electron chi connectivity index (χ0n) is 18.5. The van der Waals surface area contributed by atoms with Gasteiger partial charge >= 0.3 is 0 Å². The van der Waals surface area contributed by atoms with Crippen molar-refractivity contribution in [2.45, 2.75) is 59.8 Å². The van der Waals surface area contributed by atoms with Gasteiger partial charge < -0.3 is 9.80 Å². The van der Waals surface area contributed by atoms with E-state index in [1.54, 1.807) is 5.57 Å². The zero-order chi connectivity index (χ0) is 19.6. The summed E-state index contributed by atoms with van der Waals surface area (Å²) >= 11 is 0. The van der Waals surface area contributed by atoms with Gasteiger partial charge in [0, 0.05) is 26.2 Å². The van der Waals surface area contributed by atoms with Crippen molar-refractivity contribution >= 4 is 0 Å². The third-order valence-corrected chi connectivity index (χ3v) is 5.59. The Balaban J connectivity index is 1.88. The SMILES string of the molecule is CCCN(C)CCc1ccc(C/C2=C/CC(C)CN(CC(C)C)CC2)cc1. The summed E-state index contributed by atoms with van der Waals surface area (Å²) in [5.74, 6) is 1.52.